The molecule has 0 saturated carbocycles. The summed E-state index contributed by atoms with van der Waals surface area (Å²) in [5, 5.41) is 14.1. The quantitative estimate of drug-likeness (QED) is 0.243. The maximum atomic E-state index is 9.71. The number of para-hydroxylation sites is 2. The van der Waals surface area contributed by atoms with Crippen LogP contribution in [0.4, 0.5) is 5.69 Å². The van der Waals surface area contributed by atoms with Crippen molar-refractivity contribution in [1.29, 1.82) is 5.26 Å². The van der Waals surface area contributed by atoms with Gasteiger partial charge in [0.05, 0.1) is 23.7 Å². The highest BCUT2D eigenvalue weighted by Crippen LogP contribution is 2.39. The van der Waals surface area contributed by atoms with Gasteiger partial charge in [0.1, 0.15) is 11.2 Å². The van der Waals surface area contributed by atoms with Crippen LogP contribution in [0.25, 0.3) is 65.4 Å². The summed E-state index contributed by atoms with van der Waals surface area (Å²) < 4.78 is 8.41. The average molecular weight is 460 g/mol. The van der Waals surface area contributed by atoms with Gasteiger partial charge in [-0.05, 0) is 48.0 Å². The summed E-state index contributed by atoms with van der Waals surface area (Å²) in [6.07, 6.45) is 0. The van der Waals surface area contributed by atoms with E-state index < -0.39 is 0 Å². The Hall–Kier alpha value is -5.32. The van der Waals surface area contributed by atoms with Crippen molar-refractivity contribution in [2.75, 3.05) is 0 Å². The minimum Gasteiger partial charge on any atom is -0.456 e. The lowest BCUT2D eigenvalue weighted by Crippen LogP contribution is -1.93. The zero-order valence-corrected chi connectivity index (χ0v) is 19.1. The van der Waals surface area contributed by atoms with Gasteiger partial charge < -0.3 is 8.98 Å². The van der Waals surface area contributed by atoms with E-state index in [-0.39, 0.29) is 0 Å². The second-order valence-electron chi connectivity index (χ2n) is 8.79. The van der Waals surface area contributed by atoms with Crippen molar-refractivity contribution in [3.05, 3.63) is 120 Å². The lowest BCUT2D eigenvalue weighted by molar-refractivity contribution is 0.668. The molecule has 7 rings (SSSR count). The summed E-state index contributed by atoms with van der Waals surface area (Å²) in [5.74, 6) is 0. The molecule has 0 bridgehead atoms. The maximum Gasteiger partial charge on any atom is 0.196 e. The zero-order chi connectivity index (χ0) is 24.2. The van der Waals surface area contributed by atoms with E-state index in [1.54, 1.807) is 18.2 Å². The molecule has 0 atom stereocenters. The first-order valence-corrected chi connectivity index (χ1v) is 11.6. The lowest BCUT2D eigenvalue weighted by Gasteiger charge is -2.10. The van der Waals surface area contributed by atoms with Crippen LogP contribution in [0.15, 0.2) is 108 Å². The Kier molecular flexibility index (Phi) is 4.24. The van der Waals surface area contributed by atoms with Gasteiger partial charge in [-0.25, -0.2) is 4.85 Å². The first kappa shape index (κ1) is 20.1. The number of hydrogen-bond donors (Lipinski definition) is 0. The van der Waals surface area contributed by atoms with Crippen LogP contribution in [0, 0.1) is 17.9 Å². The van der Waals surface area contributed by atoms with Crippen molar-refractivity contribution in [3.8, 4) is 22.9 Å². The van der Waals surface area contributed by atoms with Crippen molar-refractivity contribution < 1.29 is 4.42 Å². The topological polar surface area (TPSA) is 46.2 Å². The Morgan fingerprint density at radius 1 is 0.694 bits per heavy atom. The van der Waals surface area contributed by atoms with Crippen LogP contribution < -0.4 is 0 Å². The first-order valence-electron chi connectivity index (χ1n) is 11.6. The fourth-order valence-corrected chi connectivity index (χ4v) is 5.29. The van der Waals surface area contributed by atoms with Crippen molar-refractivity contribution >= 4 is 49.4 Å². The third kappa shape index (κ3) is 2.79. The average Bonchev–Trinajstić information content (AvgIpc) is 3.47. The maximum absolute atomic E-state index is 9.71. The summed E-state index contributed by atoms with van der Waals surface area (Å²) in [4.78, 5) is 3.68. The van der Waals surface area contributed by atoms with E-state index in [2.05, 4.69) is 64.0 Å². The second-order valence-corrected chi connectivity index (χ2v) is 8.79. The van der Waals surface area contributed by atoms with E-state index in [0.29, 0.717) is 16.8 Å². The second kappa shape index (κ2) is 7.60. The third-order valence-electron chi connectivity index (χ3n) is 6.87. The molecule has 0 spiro atoms. The van der Waals surface area contributed by atoms with Crippen molar-refractivity contribution in [3.63, 3.8) is 0 Å². The summed E-state index contributed by atoms with van der Waals surface area (Å²) in [6.45, 7) is 7.62. The van der Waals surface area contributed by atoms with Crippen LogP contribution in [0.5, 0.6) is 0 Å². The van der Waals surface area contributed by atoms with E-state index in [1.807, 2.05) is 36.4 Å². The molecule has 4 heteroatoms. The molecule has 2 heterocycles. The molecular formula is C32H17N3O. The Morgan fingerprint density at radius 3 is 2.33 bits per heavy atom. The van der Waals surface area contributed by atoms with Crippen LogP contribution in [-0.2, 0) is 0 Å². The number of furan rings is 1. The van der Waals surface area contributed by atoms with Gasteiger partial charge in [0.25, 0.3) is 0 Å². The SMILES string of the molecule is [C-]#[N+]c1cccc(C#N)c1-c1ccc2c(c1)c1ccccc1n2-c1ccc2c(c1)oc1ccccc12. The van der Waals surface area contributed by atoms with Gasteiger partial charge in [-0.1, -0.05) is 54.6 Å². The highest BCUT2D eigenvalue weighted by molar-refractivity contribution is 6.11. The minimum absolute atomic E-state index is 0.479. The molecule has 0 saturated heterocycles. The number of hydrogen-bond acceptors (Lipinski definition) is 2. The summed E-state index contributed by atoms with van der Waals surface area (Å²) in [7, 11) is 0. The molecule has 0 aliphatic rings. The van der Waals surface area contributed by atoms with Gasteiger partial charge in [-0.3, -0.25) is 0 Å². The first-order chi connectivity index (χ1) is 17.8. The Morgan fingerprint density at radius 2 is 1.47 bits per heavy atom. The molecule has 166 valence electrons. The molecule has 0 unspecified atom stereocenters. The highest BCUT2D eigenvalue weighted by Gasteiger charge is 2.17. The predicted octanol–water partition coefficient (Wildman–Crippen LogP) is 8.77. The molecule has 0 aliphatic heterocycles. The lowest BCUT2D eigenvalue weighted by atomic mass is 9.97. The normalized spacial score (nSPS) is 11.3. The van der Waals surface area contributed by atoms with Gasteiger partial charge in [0.15, 0.2) is 5.69 Å². The Labute approximate surface area is 206 Å². The molecule has 7 aromatic rings. The molecule has 0 fully saturated rings. The van der Waals surface area contributed by atoms with Gasteiger partial charge in [-0.2, -0.15) is 5.26 Å². The number of nitrogens with zero attached hydrogens (tertiary/aromatic N) is 3. The van der Waals surface area contributed by atoms with E-state index in [0.717, 1.165) is 55.0 Å². The number of benzene rings is 5. The van der Waals surface area contributed by atoms with E-state index in [1.165, 1.54) is 0 Å². The van der Waals surface area contributed by atoms with Gasteiger partial charge in [0.2, 0.25) is 0 Å². The van der Waals surface area contributed by atoms with E-state index in [9.17, 15) is 5.26 Å². The van der Waals surface area contributed by atoms with Gasteiger partial charge in [0, 0.05) is 44.4 Å². The Balaban J connectivity index is 1.51. The molecule has 0 aliphatic carbocycles. The van der Waals surface area contributed by atoms with Gasteiger partial charge >= 0.3 is 0 Å². The van der Waals surface area contributed by atoms with Crippen molar-refractivity contribution in [2.24, 2.45) is 0 Å². The molecular weight excluding hydrogens is 442 g/mol. The zero-order valence-electron chi connectivity index (χ0n) is 19.1. The smallest absolute Gasteiger partial charge is 0.196 e. The largest absolute Gasteiger partial charge is 0.456 e. The molecule has 36 heavy (non-hydrogen) atoms. The van der Waals surface area contributed by atoms with Gasteiger partial charge in [-0.15, -0.1) is 0 Å². The third-order valence-corrected chi connectivity index (χ3v) is 6.87. The standard InChI is InChI=1S/C32H17N3O/c1-34-27-10-6-7-21(19-33)32(27)20-13-16-29-26(17-20)23-8-2-4-11-28(23)35(29)22-14-15-25-24-9-3-5-12-30(24)36-31(25)18-22/h2-18H. The fraction of sp³-hybridized carbons (Fsp3) is 0. The van der Waals surface area contributed by atoms with Crippen LogP contribution in [-0.4, -0.2) is 4.57 Å². The van der Waals surface area contributed by atoms with Crippen LogP contribution in [0.3, 0.4) is 0 Å². The predicted molar refractivity (Wildman–Crippen MR) is 144 cm³/mol. The van der Waals surface area contributed by atoms with Crippen LogP contribution in [0.2, 0.25) is 0 Å². The summed E-state index contributed by atoms with van der Waals surface area (Å²) >= 11 is 0. The number of fused-ring (bicyclic) bond motifs is 6. The molecule has 5 aromatic carbocycles. The number of aromatic nitrogens is 1. The van der Waals surface area contributed by atoms with E-state index >= 15 is 0 Å². The molecule has 2 aromatic heterocycles. The van der Waals surface area contributed by atoms with Crippen molar-refractivity contribution in [1.82, 2.24) is 4.57 Å². The highest BCUT2D eigenvalue weighted by atomic mass is 16.3. The van der Waals surface area contributed by atoms with Crippen LogP contribution >= 0.6 is 0 Å². The Bertz CT molecular complexity index is 2050. The molecule has 0 amide bonds. The summed E-state index contributed by atoms with van der Waals surface area (Å²) in [6, 6.07) is 36.5. The van der Waals surface area contributed by atoms with E-state index in [4.69, 9.17) is 11.0 Å². The number of nitriles is 1. The minimum atomic E-state index is 0.479. The van der Waals surface area contributed by atoms with Crippen molar-refractivity contribution in [2.45, 2.75) is 0 Å². The number of rotatable bonds is 2. The van der Waals surface area contributed by atoms with Crippen LogP contribution in [0.1, 0.15) is 5.56 Å². The molecule has 4 nitrogen and oxygen atoms in total. The monoisotopic (exact) mass is 459 g/mol. The summed E-state index contributed by atoms with van der Waals surface area (Å²) in [5.41, 5.74) is 7.39. The molecule has 0 radical (unpaired) electrons. The fourth-order valence-electron chi connectivity index (χ4n) is 5.29. The molecule has 0 N–H and O–H groups in total.